The van der Waals surface area contributed by atoms with Crippen molar-refractivity contribution in [2.24, 2.45) is 5.92 Å². The number of halogens is 3. The van der Waals surface area contributed by atoms with Crippen LogP contribution in [0.25, 0.3) is 10.2 Å². The third kappa shape index (κ3) is 4.41. The van der Waals surface area contributed by atoms with E-state index in [0.717, 1.165) is 5.56 Å². The highest BCUT2D eigenvalue weighted by molar-refractivity contribution is 7.16. The molecule has 3 unspecified atom stereocenters. The van der Waals surface area contributed by atoms with Crippen molar-refractivity contribution >= 4 is 27.5 Å². The van der Waals surface area contributed by atoms with E-state index in [9.17, 15) is 23.1 Å². The number of nitrogens with zero attached hydrogens (tertiary/aromatic N) is 2. The van der Waals surface area contributed by atoms with Crippen molar-refractivity contribution in [3.63, 3.8) is 0 Å². The second kappa shape index (κ2) is 9.38. The van der Waals surface area contributed by atoms with E-state index in [4.69, 9.17) is 9.47 Å². The SMILES string of the molecule is COc1ccc(CNC2CCC(C(=O)O)(c3ncc4ccsc4n3)C(C(F)(F)F)C2)cc1OC. The number of hydrogen-bond acceptors (Lipinski definition) is 7. The standard InChI is InChI=1S/C23H24F3N3O4S/c1-32-16-4-3-13(9-17(16)33-2)11-27-15-5-7-22(21(30)31,18(10-15)23(24,25)26)20-28-12-14-6-8-34-19(14)29-20/h3-4,6,8-9,12,15,18,27H,5,7,10-11H2,1-2H3,(H,30,31). The number of thiophene rings is 1. The van der Waals surface area contributed by atoms with E-state index in [2.05, 4.69) is 15.3 Å². The molecular formula is C23H24F3N3O4S. The van der Waals surface area contributed by atoms with E-state index in [1.165, 1.54) is 31.8 Å². The fraction of sp³-hybridized carbons (Fsp3) is 0.435. The molecule has 1 aromatic carbocycles. The third-order valence-corrected chi connectivity index (χ3v) is 7.25. The van der Waals surface area contributed by atoms with E-state index in [1.807, 2.05) is 0 Å². The number of benzene rings is 1. The Hall–Kier alpha value is -2.92. The van der Waals surface area contributed by atoms with Gasteiger partial charge in [-0.05, 0) is 48.4 Å². The normalized spacial score (nSPS) is 23.1. The summed E-state index contributed by atoms with van der Waals surface area (Å²) in [6, 6.07) is 6.49. The Bertz CT molecular complexity index is 1190. The number of nitrogens with one attached hydrogen (secondary N) is 1. The quantitative estimate of drug-likeness (QED) is 0.497. The fourth-order valence-electron chi connectivity index (χ4n) is 4.62. The number of hydrogen-bond donors (Lipinski definition) is 2. The number of carboxylic acid groups (broad SMARTS) is 1. The Kier molecular flexibility index (Phi) is 6.68. The maximum atomic E-state index is 14.3. The number of methoxy groups -OCH3 is 2. The van der Waals surface area contributed by atoms with Gasteiger partial charge in [0, 0.05) is 24.2 Å². The number of alkyl halides is 3. The van der Waals surface area contributed by atoms with Crippen LogP contribution < -0.4 is 14.8 Å². The zero-order chi connectivity index (χ0) is 24.5. The van der Waals surface area contributed by atoms with Crippen molar-refractivity contribution in [3.8, 4) is 11.5 Å². The molecule has 0 radical (unpaired) electrons. The van der Waals surface area contributed by atoms with Crippen molar-refractivity contribution in [2.45, 2.75) is 43.4 Å². The second-order valence-corrected chi connectivity index (χ2v) is 9.18. The number of ether oxygens (including phenoxy) is 2. The van der Waals surface area contributed by atoms with E-state index >= 15 is 0 Å². The lowest BCUT2D eigenvalue weighted by molar-refractivity contribution is -0.212. The van der Waals surface area contributed by atoms with E-state index in [0.29, 0.717) is 28.3 Å². The Morgan fingerprint density at radius 3 is 2.71 bits per heavy atom. The minimum Gasteiger partial charge on any atom is -0.493 e. The van der Waals surface area contributed by atoms with Gasteiger partial charge in [0.2, 0.25) is 0 Å². The molecule has 2 N–H and O–H groups in total. The average molecular weight is 496 g/mol. The number of carbonyl (C=O) groups is 1. The highest BCUT2D eigenvalue weighted by Gasteiger charge is 2.62. The molecule has 3 aromatic rings. The van der Waals surface area contributed by atoms with Gasteiger partial charge in [0.25, 0.3) is 0 Å². The summed E-state index contributed by atoms with van der Waals surface area (Å²) in [5.74, 6) is -2.90. The number of aromatic nitrogens is 2. The van der Waals surface area contributed by atoms with E-state index in [-0.39, 0.29) is 18.7 Å². The summed E-state index contributed by atoms with van der Waals surface area (Å²) in [5.41, 5.74) is -1.43. The van der Waals surface area contributed by atoms with Gasteiger partial charge in [-0.15, -0.1) is 11.3 Å². The molecule has 11 heteroatoms. The minimum atomic E-state index is -4.74. The topological polar surface area (TPSA) is 93.6 Å². The molecule has 1 aliphatic rings. The summed E-state index contributed by atoms with van der Waals surface area (Å²) in [6.07, 6.45) is -3.73. The first-order chi connectivity index (χ1) is 16.2. The van der Waals surface area contributed by atoms with Gasteiger partial charge in [0.1, 0.15) is 16.1 Å². The first-order valence-corrected chi connectivity index (χ1v) is 11.5. The van der Waals surface area contributed by atoms with Crippen molar-refractivity contribution in [1.29, 1.82) is 0 Å². The van der Waals surface area contributed by atoms with E-state index in [1.54, 1.807) is 29.6 Å². The van der Waals surface area contributed by atoms with Crippen LogP contribution in [-0.2, 0) is 16.8 Å². The maximum Gasteiger partial charge on any atom is 0.393 e. The molecule has 3 atom stereocenters. The van der Waals surface area contributed by atoms with Gasteiger partial charge >= 0.3 is 12.1 Å². The average Bonchev–Trinajstić information content (AvgIpc) is 3.29. The number of carboxylic acids is 1. The molecule has 182 valence electrons. The van der Waals surface area contributed by atoms with Crippen LogP contribution in [0.15, 0.2) is 35.8 Å². The predicted molar refractivity (Wildman–Crippen MR) is 120 cm³/mol. The van der Waals surface area contributed by atoms with Crippen LogP contribution in [0.2, 0.25) is 0 Å². The van der Waals surface area contributed by atoms with Gasteiger partial charge in [-0.3, -0.25) is 4.79 Å². The smallest absolute Gasteiger partial charge is 0.393 e. The van der Waals surface area contributed by atoms with Crippen LogP contribution in [-0.4, -0.2) is 47.5 Å². The minimum absolute atomic E-state index is 0.229. The first-order valence-electron chi connectivity index (χ1n) is 10.6. The van der Waals surface area contributed by atoms with Crippen molar-refractivity contribution in [1.82, 2.24) is 15.3 Å². The fourth-order valence-corrected chi connectivity index (χ4v) is 5.36. The van der Waals surface area contributed by atoms with Crippen LogP contribution in [0, 0.1) is 5.92 Å². The molecule has 0 saturated heterocycles. The Morgan fingerprint density at radius 2 is 2.03 bits per heavy atom. The number of fused-ring (bicyclic) bond motifs is 1. The van der Waals surface area contributed by atoms with Crippen LogP contribution in [0.1, 0.15) is 30.7 Å². The summed E-state index contributed by atoms with van der Waals surface area (Å²) in [7, 11) is 3.02. The molecule has 0 aliphatic heterocycles. The number of aliphatic carboxylic acids is 1. The van der Waals surface area contributed by atoms with Gasteiger partial charge in [-0.25, -0.2) is 9.97 Å². The molecule has 2 heterocycles. The lowest BCUT2D eigenvalue weighted by Crippen LogP contribution is -2.56. The highest BCUT2D eigenvalue weighted by atomic mass is 32.1. The zero-order valence-corrected chi connectivity index (χ0v) is 19.4. The van der Waals surface area contributed by atoms with Gasteiger partial charge in [-0.2, -0.15) is 13.2 Å². The molecule has 1 saturated carbocycles. The van der Waals surface area contributed by atoms with Crippen LogP contribution >= 0.6 is 11.3 Å². The molecule has 0 spiro atoms. The summed E-state index contributed by atoms with van der Waals surface area (Å²) in [6.45, 7) is 0.299. The molecule has 7 nitrogen and oxygen atoms in total. The third-order valence-electron chi connectivity index (χ3n) is 6.43. The molecule has 0 amide bonds. The predicted octanol–water partition coefficient (Wildman–Crippen LogP) is 4.55. The van der Waals surface area contributed by atoms with Gasteiger partial charge in [0.05, 0.1) is 20.1 Å². The first kappa shape index (κ1) is 24.2. The van der Waals surface area contributed by atoms with Crippen molar-refractivity contribution in [2.75, 3.05) is 14.2 Å². The molecule has 4 rings (SSSR count). The van der Waals surface area contributed by atoms with Crippen LogP contribution in [0.3, 0.4) is 0 Å². The highest BCUT2D eigenvalue weighted by Crippen LogP contribution is 2.50. The molecule has 2 aromatic heterocycles. The summed E-state index contributed by atoms with van der Waals surface area (Å²) >= 11 is 1.24. The molecule has 1 fully saturated rings. The number of rotatable bonds is 7. The Morgan fingerprint density at radius 1 is 1.26 bits per heavy atom. The van der Waals surface area contributed by atoms with Gasteiger partial charge in [-0.1, -0.05) is 6.07 Å². The Labute approximate surface area is 197 Å². The molecule has 0 bridgehead atoms. The monoisotopic (exact) mass is 495 g/mol. The maximum absolute atomic E-state index is 14.3. The lowest BCUT2D eigenvalue weighted by Gasteiger charge is -2.43. The summed E-state index contributed by atoms with van der Waals surface area (Å²) < 4.78 is 53.3. The van der Waals surface area contributed by atoms with Gasteiger partial charge in [0.15, 0.2) is 11.5 Å². The lowest BCUT2D eigenvalue weighted by atomic mass is 9.63. The Balaban J connectivity index is 1.59. The van der Waals surface area contributed by atoms with Crippen LogP contribution in [0.4, 0.5) is 13.2 Å². The molecule has 34 heavy (non-hydrogen) atoms. The molecular weight excluding hydrogens is 471 g/mol. The van der Waals surface area contributed by atoms with Gasteiger partial charge < -0.3 is 19.9 Å². The second-order valence-electron chi connectivity index (χ2n) is 8.29. The zero-order valence-electron chi connectivity index (χ0n) is 18.6. The largest absolute Gasteiger partial charge is 0.493 e. The van der Waals surface area contributed by atoms with Crippen LogP contribution in [0.5, 0.6) is 11.5 Å². The summed E-state index contributed by atoms with van der Waals surface area (Å²) in [5, 5.41) is 15.6. The summed E-state index contributed by atoms with van der Waals surface area (Å²) in [4.78, 5) is 21.2. The van der Waals surface area contributed by atoms with Crippen molar-refractivity contribution < 1.29 is 32.5 Å². The molecule has 1 aliphatic carbocycles. The van der Waals surface area contributed by atoms with E-state index < -0.39 is 35.9 Å². The van der Waals surface area contributed by atoms with Crippen molar-refractivity contribution in [3.05, 3.63) is 47.2 Å².